The van der Waals surface area contributed by atoms with Crippen molar-refractivity contribution < 1.29 is 16.8 Å². The zero-order valence-corrected chi connectivity index (χ0v) is 19.6. The van der Waals surface area contributed by atoms with E-state index in [0.29, 0.717) is 23.9 Å². The molecule has 2 N–H and O–H groups in total. The molecule has 1 aliphatic carbocycles. The zero-order valence-electron chi connectivity index (χ0n) is 18.0. The lowest BCUT2D eigenvalue weighted by molar-refractivity contribution is 0.323. The molecule has 0 unspecified atom stereocenters. The van der Waals surface area contributed by atoms with E-state index in [9.17, 15) is 16.8 Å². The lowest BCUT2D eigenvalue weighted by Gasteiger charge is -2.29. The first-order valence-corrected chi connectivity index (χ1v) is 14.0. The molecule has 30 heavy (non-hydrogen) atoms. The Labute approximate surface area is 181 Å². The standard InChI is InChI=1S/C21H35N3O4S2/c1-17(2)29(25,26)23-20-8-6-18(7-9-20)16-22-19-10-12-21(13-11-19)30(27,28)24-14-4-3-5-15-24/h10-13,17-18,20,22-23H,3-9,14-16H2,1-2H3. The summed E-state index contributed by atoms with van der Waals surface area (Å²) in [6.45, 7) is 5.42. The van der Waals surface area contributed by atoms with E-state index in [-0.39, 0.29) is 6.04 Å². The Bertz CT molecular complexity index is 885. The summed E-state index contributed by atoms with van der Waals surface area (Å²) in [4.78, 5) is 0.355. The van der Waals surface area contributed by atoms with Gasteiger partial charge in [0, 0.05) is 31.4 Å². The molecular weight excluding hydrogens is 422 g/mol. The number of sulfonamides is 2. The number of nitrogens with one attached hydrogen (secondary N) is 2. The molecule has 0 radical (unpaired) electrons. The molecule has 7 nitrogen and oxygen atoms in total. The van der Waals surface area contributed by atoms with Crippen molar-refractivity contribution in [3.63, 3.8) is 0 Å². The SMILES string of the molecule is CC(C)S(=O)(=O)NC1CCC(CNc2ccc(S(=O)(=O)N3CCCCC3)cc2)CC1. The molecule has 0 aromatic heterocycles. The molecule has 3 rings (SSSR count). The summed E-state index contributed by atoms with van der Waals surface area (Å²) in [6, 6.07) is 7.07. The molecule has 2 fully saturated rings. The number of hydrogen-bond donors (Lipinski definition) is 2. The van der Waals surface area contributed by atoms with E-state index in [0.717, 1.165) is 57.2 Å². The second-order valence-electron chi connectivity index (χ2n) is 8.80. The lowest BCUT2D eigenvalue weighted by Crippen LogP contribution is -2.41. The van der Waals surface area contributed by atoms with Gasteiger partial charge in [-0.1, -0.05) is 6.42 Å². The van der Waals surface area contributed by atoms with Crippen LogP contribution >= 0.6 is 0 Å². The normalized spacial score (nSPS) is 24.1. The second-order valence-corrected chi connectivity index (χ2v) is 13.0. The van der Waals surface area contributed by atoms with Crippen LogP contribution in [-0.4, -0.2) is 52.1 Å². The highest BCUT2D eigenvalue weighted by Gasteiger charge is 2.27. The van der Waals surface area contributed by atoms with Crippen LogP contribution < -0.4 is 10.0 Å². The van der Waals surface area contributed by atoms with Crippen molar-refractivity contribution in [3.05, 3.63) is 24.3 Å². The van der Waals surface area contributed by atoms with E-state index >= 15 is 0 Å². The number of benzene rings is 1. The number of rotatable bonds is 8. The van der Waals surface area contributed by atoms with Gasteiger partial charge in [0.05, 0.1) is 10.1 Å². The fourth-order valence-corrected chi connectivity index (χ4v) is 6.60. The largest absolute Gasteiger partial charge is 0.385 e. The topological polar surface area (TPSA) is 95.6 Å². The smallest absolute Gasteiger partial charge is 0.243 e. The van der Waals surface area contributed by atoms with E-state index in [4.69, 9.17) is 0 Å². The van der Waals surface area contributed by atoms with E-state index in [1.165, 1.54) is 0 Å². The highest BCUT2D eigenvalue weighted by Crippen LogP contribution is 2.26. The molecular formula is C21H35N3O4S2. The van der Waals surface area contributed by atoms with Gasteiger partial charge in [-0.2, -0.15) is 4.31 Å². The average Bonchev–Trinajstić information content (AvgIpc) is 2.74. The van der Waals surface area contributed by atoms with Gasteiger partial charge in [-0.05, 0) is 82.6 Å². The van der Waals surface area contributed by atoms with E-state index < -0.39 is 25.3 Å². The first kappa shape index (κ1) is 23.5. The highest BCUT2D eigenvalue weighted by atomic mass is 32.2. The van der Waals surface area contributed by atoms with Gasteiger partial charge in [0.15, 0.2) is 0 Å². The van der Waals surface area contributed by atoms with Gasteiger partial charge < -0.3 is 5.32 Å². The Morgan fingerprint density at radius 2 is 1.53 bits per heavy atom. The van der Waals surface area contributed by atoms with Crippen LogP contribution in [0.2, 0.25) is 0 Å². The van der Waals surface area contributed by atoms with Gasteiger partial charge in [0.1, 0.15) is 0 Å². The third-order valence-corrected chi connectivity index (χ3v) is 10.0. The van der Waals surface area contributed by atoms with Crippen molar-refractivity contribution in [1.29, 1.82) is 0 Å². The monoisotopic (exact) mass is 457 g/mol. The zero-order chi connectivity index (χ0) is 21.8. The van der Waals surface area contributed by atoms with Crippen LogP contribution in [0.5, 0.6) is 0 Å². The average molecular weight is 458 g/mol. The van der Waals surface area contributed by atoms with Crippen LogP contribution in [0.4, 0.5) is 5.69 Å². The molecule has 9 heteroatoms. The first-order valence-electron chi connectivity index (χ1n) is 11.0. The number of anilines is 1. The molecule has 1 saturated carbocycles. The van der Waals surface area contributed by atoms with Crippen LogP contribution in [0.3, 0.4) is 0 Å². The predicted octanol–water partition coefficient (Wildman–Crippen LogP) is 3.16. The maximum atomic E-state index is 12.7. The van der Waals surface area contributed by atoms with Crippen LogP contribution in [0.1, 0.15) is 58.8 Å². The van der Waals surface area contributed by atoms with E-state index in [1.54, 1.807) is 30.3 Å². The number of hydrogen-bond acceptors (Lipinski definition) is 5. The number of nitrogens with zero attached hydrogens (tertiary/aromatic N) is 1. The highest BCUT2D eigenvalue weighted by molar-refractivity contribution is 7.90. The van der Waals surface area contributed by atoms with Crippen LogP contribution in [0, 0.1) is 5.92 Å². The quantitative estimate of drug-likeness (QED) is 0.625. The van der Waals surface area contributed by atoms with Crippen LogP contribution in [0.15, 0.2) is 29.2 Å². The van der Waals surface area contributed by atoms with Crippen LogP contribution in [0.25, 0.3) is 0 Å². The third kappa shape index (κ3) is 5.96. The summed E-state index contributed by atoms with van der Waals surface area (Å²) in [7, 11) is -6.61. The van der Waals surface area contributed by atoms with Crippen molar-refractivity contribution in [2.24, 2.45) is 5.92 Å². The molecule has 2 aliphatic rings. The molecule has 0 spiro atoms. The van der Waals surface area contributed by atoms with Gasteiger partial charge in [0.25, 0.3) is 0 Å². The van der Waals surface area contributed by atoms with Gasteiger partial charge in [-0.3, -0.25) is 0 Å². The van der Waals surface area contributed by atoms with Crippen molar-refractivity contribution in [2.75, 3.05) is 25.0 Å². The van der Waals surface area contributed by atoms with Gasteiger partial charge in [-0.25, -0.2) is 21.6 Å². The van der Waals surface area contributed by atoms with Gasteiger partial charge in [0.2, 0.25) is 20.0 Å². The Morgan fingerprint density at radius 1 is 0.933 bits per heavy atom. The van der Waals surface area contributed by atoms with Gasteiger partial charge >= 0.3 is 0 Å². The fourth-order valence-electron chi connectivity index (χ4n) is 4.11. The predicted molar refractivity (Wildman–Crippen MR) is 120 cm³/mol. The molecule has 170 valence electrons. The molecule has 0 atom stereocenters. The van der Waals surface area contributed by atoms with Gasteiger partial charge in [-0.15, -0.1) is 0 Å². The Balaban J connectivity index is 1.47. The summed E-state index contributed by atoms with van der Waals surface area (Å²) >= 11 is 0. The molecule has 1 aromatic carbocycles. The van der Waals surface area contributed by atoms with Crippen molar-refractivity contribution in [3.8, 4) is 0 Å². The molecule has 1 aromatic rings. The summed E-state index contributed by atoms with van der Waals surface area (Å²) in [5.41, 5.74) is 0.912. The maximum Gasteiger partial charge on any atom is 0.243 e. The van der Waals surface area contributed by atoms with Crippen LogP contribution in [-0.2, 0) is 20.0 Å². The maximum absolute atomic E-state index is 12.7. The van der Waals surface area contributed by atoms with Crippen molar-refractivity contribution >= 4 is 25.7 Å². The summed E-state index contributed by atoms with van der Waals surface area (Å²) < 4.78 is 53.9. The molecule has 1 heterocycles. The minimum atomic E-state index is -3.39. The van der Waals surface area contributed by atoms with Crippen molar-refractivity contribution in [2.45, 2.75) is 75.0 Å². The summed E-state index contributed by atoms with van der Waals surface area (Å²) in [6.07, 6.45) is 6.61. The second kappa shape index (κ2) is 9.97. The molecule has 0 bridgehead atoms. The first-order chi connectivity index (χ1) is 14.2. The summed E-state index contributed by atoms with van der Waals surface area (Å²) in [5.74, 6) is 0.488. The van der Waals surface area contributed by atoms with Crippen molar-refractivity contribution in [1.82, 2.24) is 9.03 Å². The minimum Gasteiger partial charge on any atom is -0.385 e. The Morgan fingerprint density at radius 3 is 2.10 bits per heavy atom. The third-order valence-electron chi connectivity index (χ3n) is 6.20. The fraction of sp³-hybridized carbons (Fsp3) is 0.714. The minimum absolute atomic E-state index is 0.0351. The molecule has 0 amide bonds. The molecule has 1 aliphatic heterocycles. The Hall–Kier alpha value is -1.16. The lowest BCUT2D eigenvalue weighted by atomic mass is 9.86. The Kier molecular flexibility index (Phi) is 7.81. The van der Waals surface area contributed by atoms with E-state index in [2.05, 4.69) is 10.0 Å². The summed E-state index contributed by atoms with van der Waals surface area (Å²) in [5, 5.41) is 3.00. The van der Waals surface area contributed by atoms with E-state index in [1.807, 2.05) is 12.1 Å². The molecule has 1 saturated heterocycles. The number of piperidine rings is 1.